The molecule has 6 aromatic rings. The number of halogens is 1. The van der Waals surface area contributed by atoms with Crippen LogP contribution in [0.5, 0.6) is 0 Å². The summed E-state index contributed by atoms with van der Waals surface area (Å²) in [6, 6.07) is 30.3. The van der Waals surface area contributed by atoms with Crippen LogP contribution in [-0.4, -0.2) is 23.2 Å². The van der Waals surface area contributed by atoms with Crippen molar-refractivity contribution in [3.05, 3.63) is 114 Å². The maximum Gasteiger partial charge on any atom is 0 e. The molecule has 0 aliphatic rings. The van der Waals surface area contributed by atoms with Gasteiger partial charge in [0.15, 0.2) is 0 Å². The van der Waals surface area contributed by atoms with Crippen molar-refractivity contribution in [2.75, 3.05) is 0 Å². The molecular weight excluding hydrogens is 824 g/mol. The third kappa shape index (κ3) is 9.01. The zero-order valence-corrected chi connectivity index (χ0v) is 33.4. The summed E-state index contributed by atoms with van der Waals surface area (Å²) in [5.41, 5.74) is 6.89. The SMILES string of the molecule is CC(C)(C)Cc1ccnc(-c2[c-]ccc3c2sc2ccccc23)c1.CC(C)Cc1cc(-c2[c-]cc(F)cc2)nc[c]1[Ge]([CH3])([CH3])[CH3].[Ir]. The van der Waals surface area contributed by atoms with Gasteiger partial charge in [0.2, 0.25) is 0 Å². The van der Waals surface area contributed by atoms with Crippen LogP contribution in [0.15, 0.2) is 85.2 Å². The van der Waals surface area contributed by atoms with Gasteiger partial charge in [-0.25, -0.2) is 0 Å². The normalized spacial score (nSPS) is 11.8. The fourth-order valence-electron chi connectivity index (χ4n) is 5.71. The Bertz CT molecular complexity index is 1920. The van der Waals surface area contributed by atoms with Gasteiger partial charge in [-0.3, -0.25) is 0 Å². The van der Waals surface area contributed by atoms with Gasteiger partial charge in [0.1, 0.15) is 0 Å². The summed E-state index contributed by atoms with van der Waals surface area (Å²) in [4.78, 5) is 9.24. The van der Waals surface area contributed by atoms with Crippen LogP contribution in [-0.2, 0) is 32.9 Å². The Hall–Kier alpha value is -2.70. The Morgan fingerprint density at radius 3 is 2.33 bits per heavy atom. The van der Waals surface area contributed by atoms with E-state index in [1.807, 2.05) is 29.8 Å². The van der Waals surface area contributed by atoms with E-state index in [1.54, 1.807) is 6.07 Å². The first-order valence-corrected chi connectivity index (χ1v) is 23.9. The molecule has 2 nitrogen and oxygen atoms in total. The van der Waals surface area contributed by atoms with Gasteiger partial charge in [0.25, 0.3) is 0 Å². The monoisotopic (exact) mass is 869 g/mol. The summed E-state index contributed by atoms with van der Waals surface area (Å²) in [5, 5.41) is 2.62. The Morgan fingerprint density at radius 1 is 0.891 bits per heavy atom. The Balaban J connectivity index is 0.000000207. The van der Waals surface area contributed by atoms with Crippen molar-refractivity contribution in [2.45, 2.75) is 64.7 Å². The Kier molecular flexibility index (Phi) is 11.8. The molecule has 0 spiro atoms. The fourth-order valence-corrected chi connectivity index (χ4v) is 10.3. The molecule has 6 rings (SSSR count). The molecule has 0 atom stereocenters. The second kappa shape index (κ2) is 15.0. The van der Waals surface area contributed by atoms with Crippen molar-refractivity contribution in [1.29, 1.82) is 0 Å². The average Bonchev–Trinajstić information content (AvgIpc) is 3.35. The van der Waals surface area contributed by atoms with Gasteiger partial charge < -0.3 is 4.98 Å². The van der Waals surface area contributed by atoms with E-state index >= 15 is 0 Å². The predicted octanol–water partition coefficient (Wildman–Crippen LogP) is 10.9. The smallest absolute Gasteiger partial charge is 0 e. The zero-order valence-electron chi connectivity index (χ0n) is 28.1. The minimum absolute atomic E-state index is 0. The van der Waals surface area contributed by atoms with Crippen molar-refractivity contribution in [3.8, 4) is 22.5 Å². The summed E-state index contributed by atoms with van der Waals surface area (Å²) >= 11 is -0.0980. The minimum atomic E-state index is -1.93. The molecule has 0 saturated carbocycles. The van der Waals surface area contributed by atoms with E-state index in [4.69, 9.17) is 0 Å². The van der Waals surface area contributed by atoms with Gasteiger partial charge in [-0.15, -0.1) is 23.8 Å². The molecule has 3 aromatic heterocycles. The Morgan fingerprint density at radius 2 is 1.65 bits per heavy atom. The first kappa shape index (κ1) is 36.1. The van der Waals surface area contributed by atoms with E-state index < -0.39 is 13.3 Å². The largest absolute Gasteiger partial charge is 0 e. The number of pyridine rings is 2. The van der Waals surface area contributed by atoms with Crippen molar-refractivity contribution >= 4 is 49.2 Å². The van der Waals surface area contributed by atoms with Crippen LogP contribution < -0.4 is 4.40 Å². The van der Waals surface area contributed by atoms with Gasteiger partial charge >= 0.3 is 130 Å². The van der Waals surface area contributed by atoms with E-state index in [0.29, 0.717) is 5.92 Å². The average molecular weight is 868 g/mol. The van der Waals surface area contributed by atoms with E-state index in [1.165, 1.54) is 47.8 Å². The van der Waals surface area contributed by atoms with Crippen molar-refractivity contribution < 1.29 is 24.5 Å². The van der Waals surface area contributed by atoms with E-state index in [2.05, 4.69) is 123 Å². The van der Waals surface area contributed by atoms with E-state index in [-0.39, 0.29) is 31.3 Å². The first-order chi connectivity index (χ1) is 21.3. The van der Waals surface area contributed by atoms with Gasteiger partial charge in [0.05, 0.1) is 0 Å². The summed E-state index contributed by atoms with van der Waals surface area (Å²) in [6.07, 6.45) is 6.08. The van der Waals surface area contributed by atoms with Crippen molar-refractivity contribution in [2.24, 2.45) is 11.3 Å². The van der Waals surface area contributed by atoms with Crippen LogP contribution in [0.4, 0.5) is 4.39 Å². The van der Waals surface area contributed by atoms with Crippen LogP contribution in [0.2, 0.25) is 17.3 Å². The number of nitrogens with zero attached hydrogens (tertiary/aromatic N) is 2. The maximum absolute atomic E-state index is 13.0. The molecule has 0 amide bonds. The van der Waals surface area contributed by atoms with E-state index in [0.717, 1.165) is 35.4 Å². The molecule has 241 valence electrons. The molecule has 0 saturated heterocycles. The molecule has 3 aromatic carbocycles. The van der Waals surface area contributed by atoms with Crippen molar-refractivity contribution in [1.82, 2.24) is 9.97 Å². The molecule has 0 aliphatic carbocycles. The van der Waals surface area contributed by atoms with Crippen LogP contribution in [0, 0.1) is 29.3 Å². The summed E-state index contributed by atoms with van der Waals surface area (Å²) < 4.78 is 17.1. The number of hydrogen-bond donors (Lipinski definition) is 0. The minimum Gasteiger partial charge on any atom is 0 e. The molecule has 46 heavy (non-hydrogen) atoms. The van der Waals surface area contributed by atoms with Gasteiger partial charge in [-0.05, 0) is 39.7 Å². The molecule has 1 radical (unpaired) electrons. The summed E-state index contributed by atoms with van der Waals surface area (Å²) in [7, 11) is 0. The third-order valence-electron chi connectivity index (χ3n) is 7.63. The van der Waals surface area contributed by atoms with Gasteiger partial charge in [0, 0.05) is 31.0 Å². The third-order valence-corrected chi connectivity index (χ3v) is 13.2. The molecule has 0 N–H and O–H groups in total. The van der Waals surface area contributed by atoms with Crippen molar-refractivity contribution in [3.63, 3.8) is 0 Å². The number of aromatic nitrogens is 2. The second-order valence-electron chi connectivity index (χ2n) is 14.5. The number of hydrogen-bond acceptors (Lipinski definition) is 3. The zero-order chi connectivity index (χ0) is 32.4. The topological polar surface area (TPSA) is 25.8 Å². The van der Waals surface area contributed by atoms with Gasteiger partial charge in [-0.1, -0.05) is 56.0 Å². The summed E-state index contributed by atoms with van der Waals surface area (Å²) in [5.74, 6) is 7.53. The molecule has 0 bridgehead atoms. The summed E-state index contributed by atoms with van der Waals surface area (Å²) in [6.45, 7) is 11.3. The maximum atomic E-state index is 13.0. The first-order valence-electron chi connectivity index (χ1n) is 15.7. The Labute approximate surface area is 294 Å². The van der Waals surface area contributed by atoms with E-state index in [9.17, 15) is 4.39 Å². The molecule has 6 heteroatoms. The number of benzene rings is 3. The van der Waals surface area contributed by atoms with Crippen LogP contribution in [0.3, 0.4) is 0 Å². The predicted molar refractivity (Wildman–Crippen MR) is 195 cm³/mol. The van der Waals surface area contributed by atoms with Crippen LogP contribution in [0.1, 0.15) is 45.7 Å². The standard InChI is InChI=1S/C22H20NS.C18H23FGeN.Ir/c1-22(2,3)14-15-11-12-23-19(13-15)18-9-6-8-17-16-7-4-5-10-20(16)24-21(17)18;1-13(2)10-15-11-18(14-6-8-16(19)9-7-14)21-12-17(15)20(3,4)5;/h4-8,10-13H,14H2,1-3H3;6,8-9,11-13H,10H2,1-5H3;/q2*-1;. The molecule has 0 aliphatic heterocycles. The number of thiophene rings is 1. The molecular formula is C40H43FGeIrN2S-2. The quantitative estimate of drug-likeness (QED) is 0.123. The molecule has 3 heterocycles. The number of fused-ring (bicyclic) bond motifs is 3. The molecule has 0 fully saturated rings. The number of rotatable bonds is 6. The van der Waals surface area contributed by atoms with Crippen LogP contribution >= 0.6 is 11.3 Å². The second-order valence-corrected chi connectivity index (χ2v) is 26.1. The van der Waals surface area contributed by atoms with Crippen LogP contribution in [0.25, 0.3) is 42.7 Å². The molecule has 0 unspecified atom stereocenters. The fraction of sp³-hybridized carbons (Fsp3) is 0.300. The van der Waals surface area contributed by atoms with Gasteiger partial charge in [-0.2, -0.15) is 11.3 Å².